The van der Waals surface area contributed by atoms with Crippen molar-refractivity contribution in [2.45, 2.75) is 43.9 Å². The average molecular weight is 306 g/mol. The van der Waals surface area contributed by atoms with E-state index >= 15 is 0 Å². The molecule has 0 saturated carbocycles. The number of hydrogen-bond donors (Lipinski definition) is 1. The van der Waals surface area contributed by atoms with Gasteiger partial charge in [0.1, 0.15) is 0 Å². The van der Waals surface area contributed by atoms with Gasteiger partial charge < -0.3 is 5.32 Å². The third kappa shape index (κ3) is 2.55. The number of amides is 1. The van der Waals surface area contributed by atoms with E-state index < -0.39 is 0 Å². The Morgan fingerprint density at radius 2 is 1.70 bits per heavy atom. The highest BCUT2D eigenvalue weighted by Crippen LogP contribution is 2.42. The molecule has 3 heteroatoms. The van der Waals surface area contributed by atoms with Gasteiger partial charge in [0.2, 0.25) is 5.91 Å². The Balaban J connectivity index is 1.67. The Morgan fingerprint density at radius 3 is 2.39 bits per heavy atom. The first kappa shape index (κ1) is 14.5. The van der Waals surface area contributed by atoms with Crippen molar-refractivity contribution in [3.63, 3.8) is 0 Å². The minimum Gasteiger partial charge on any atom is -0.351 e. The van der Waals surface area contributed by atoms with Crippen LogP contribution in [0, 0.1) is 0 Å². The van der Waals surface area contributed by atoms with Crippen LogP contribution in [0.2, 0.25) is 0 Å². The molecule has 0 aromatic heterocycles. The quantitative estimate of drug-likeness (QED) is 0.945. The van der Waals surface area contributed by atoms with Gasteiger partial charge in [0.25, 0.3) is 0 Å². The fourth-order valence-corrected chi connectivity index (χ4v) is 4.30. The number of fused-ring (bicyclic) bond motifs is 2. The van der Waals surface area contributed by atoms with Crippen LogP contribution in [-0.2, 0) is 11.3 Å². The molecule has 0 spiro atoms. The second kappa shape index (κ2) is 5.82. The van der Waals surface area contributed by atoms with Gasteiger partial charge in [0.15, 0.2) is 0 Å². The minimum absolute atomic E-state index is 0.0124. The van der Waals surface area contributed by atoms with Crippen LogP contribution in [0.4, 0.5) is 0 Å². The highest BCUT2D eigenvalue weighted by Gasteiger charge is 2.51. The highest BCUT2D eigenvalue weighted by molar-refractivity contribution is 5.84. The summed E-state index contributed by atoms with van der Waals surface area (Å²) in [5.41, 5.74) is 2.62. The molecule has 2 saturated heterocycles. The molecule has 0 aliphatic carbocycles. The zero-order valence-corrected chi connectivity index (χ0v) is 13.4. The van der Waals surface area contributed by atoms with Gasteiger partial charge in [-0.1, -0.05) is 60.7 Å². The topological polar surface area (TPSA) is 32.3 Å². The molecule has 2 bridgehead atoms. The van der Waals surface area contributed by atoms with Crippen molar-refractivity contribution < 1.29 is 4.79 Å². The fourth-order valence-electron chi connectivity index (χ4n) is 4.30. The van der Waals surface area contributed by atoms with Crippen molar-refractivity contribution in [1.82, 2.24) is 10.2 Å². The largest absolute Gasteiger partial charge is 0.351 e. The van der Waals surface area contributed by atoms with Gasteiger partial charge in [-0.25, -0.2) is 0 Å². The van der Waals surface area contributed by atoms with Gasteiger partial charge in [-0.05, 0) is 24.5 Å². The standard InChI is InChI=1S/C20H22N2O/c1-14-19-17(16-10-6-3-7-11-16)12-18(20(23)21-14)22(19)13-15-8-4-2-5-9-15/h2-11,14,17-19H,12-13H2,1H3,(H,21,23)/t14-,17+,18-,19-/m0/s1. The Kier molecular flexibility index (Phi) is 3.66. The molecule has 2 aliphatic rings. The molecule has 2 aromatic rings. The SMILES string of the molecule is C[C@@H]1NC(=O)[C@@H]2C[C@H](c3ccccc3)[C@H]1N2Cc1ccccc1. The monoisotopic (exact) mass is 306 g/mol. The van der Waals surface area contributed by atoms with E-state index in [2.05, 4.69) is 71.7 Å². The third-order valence-corrected chi connectivity index (χ3v) is 5.29. The number of carbonyl (C=O) groups is 1. The van der Waals surface area contributed by atoms with E-state index in [1.54, 1.807) is 0 Å². The van der Waals surface area contributed by atoms with Gasteiger partial charge in [0.05, 0.1) is 6.04 Å². The molecule has 0 radical (unpaired) electrons. The van der Waals surface area contributed by atoms with Gasteiger partial charge >= 0.3 is 0 Å². The zero-order chi connectivity index (χ0) is 15.8. The second-order valence-electron chi connectivity index (χ2n) is 6.71. The molecule has 23 heavy (non-hydrogen) atoms. The van der Waals surface area contributed by atoms with Crippen LogP contribution in [0.1, 0.15) is 30.4 Å². The number of nitrogens with one attached hydrogen (secondary N) is 1. The van der Waals surface area contributed by atoms with Crippen LogP contribution in [0.25, 0.3) is 0 Å². The lowest BCUT2D eigenvalue weighted by Crippen LogP contribution is -2.60. The Bertz CT molecular complexity index is 685. The van der Waals surface area contributed by atoms with Gasteiger partial charge in [-0.3, -0.25) is 9.69 Å². The molecule has 2 aliphatic heterocycles. The molecule has 4 atom stereocenters. The van der Waals surface area contributed by atoms with Gasteiger partial charge in [-0.15, -0.1) is 0 Å². The lowest BCUT2D eigenvalue weighted by atomic mass is 9.88. The normalized spacial score (nSPS) is 30.2. The summed E-state index contributed by atoms with van der Waals surface area (Å²) < 4.78 is 0. The molecule has 2 heterocycles. The van der Waals surface area contributed by atoms with Crippen LogP contribution < -0.4 is 5.32 Å². The number of benzene rings is 2. The second-order valence-corrected chi connectivity index (χ2v) is 6.71. The van der Waals surface area contributed by atoms with Crippen molar-refractivity contribution in [2.24, 2.45) is 0 Å². The van der Waals surface area contributed by atoms with Gasteiger partial charge in [-0.2, -0.15) is 0 Å². The maximum absolute atomic E-state index is 12.5. The maximum atomic E-state index is 12.5. The Hall–Kier alpha value is -2.13. The number of rotatable bonds is 3. The molecule has 118 valence electrons. The Labute approximate surface area is 137 Å². The molecule has 4 rings (SSSR count). The summed E-state index contributed by atoms with van der Waals surface area (Å²) in [4.78, 5) is 14.9. The summed E-state index contributed by atoms with van der Waals surface area (Å²) in [6, 6.07) is 21.6. The fraction of sp³-hybridized carbons (Fsp3) is 0.350. The van der Waals surface area contributed by atoms with E-state index in [1.807, 2.05) is 6.07 Å². The summed E-state index contributed by atoms with van der Waals surface area (Å²) in [5.74, 6) is 0.599. The van der Waals surface area contributed by atoms with Crippen LogP contribution >= 0.6 is 0 Å². The molecule has 0 unspecified atom stereocenters. The maximum Gasteiger partial charge on any atom is 0.237 e. The van der Waals surface area contributed by atoms with Crippen molar-refractivity contribution in [3.05, 3.63) is 71.8 Å². The van der Waals surface area contributed by atoms with E-state index in [-0.39, 0.29) is 18.0 Å². The lowest BCUT2D eigenvalue weighted by Gasteiger charge is -2.40. The minimum atomic E-state index is -0.0124. The van der Waals surface area contributed by atoms with Crippen LogP contribution in [0.15, 0.2) is 60.7 Å². The molecular weight excluding hydrogens is 284 g/mol. The van der Waals surface area contributed by atoms with Crippen molar-refractivity contribution in [2.75, 3.05) is 0 Å². The van der Waals surface area contributed by atoms with E-state index in [0.29, 0.717) is 12.0 Å². The Morgan fingerprint density at radius 1 is 1.04 bits per heavy atom. The molecule has 1 N–H and O–H groups in total. The summed E-state index contributed by atoms with van der Waals surface area (Å²) in [6.45, 7) is 2.98. The molecule has 3 nitrogen and oxygen atoms in total. The first-order valence-electron chi connectivity index (χ1n) is 8.39. The summed E-state index contributed by atoms with van der Waals surface area (Å²) in [7, 11) is 0. The molecular formula is C20H22N2O. The zero-order valence-electron chi connectivity index (χ0n) is 13.4. The summed E-state index contributed by atoms with van der Waals surface area (Å²) in [5, 5.41) is 3.18. The molecule has 1 amide bonds. The predicted octanol–water partition coefficient (Wildman–Crippen LogP) is 2.93. The smallest absolute Gasteiger partial charge is 0.237 e. The van der Waals surface area contributed by atoms with E-state index in [1.165, 1.54) is 11.1 Å². The van der Waals surface area contributed by atoms with E-state index in [4.69, 9.17) is 0 Å². The molecule has 2 fully saturated rings. The van der Waals surface area contributed by atoms with Crippen LogP contribution in [0.3, 0.4) is 0 Å². The number of piperazine rings is 1. The molecule has 2 aromatic carbocycles. The third-order valence-electron chi connectivity index (χ3n) is 5.29. The van der Waals surface area contributed by atoms with Crippen LogP contribution in [0.5, 0.6) is 0 Å². The average Bonchev–Trinajstić information content (AvgIpc) is 2.89. The first-order valence-corrected chi connectivity index (χ1v) is 8.39. The van der Waals surface area contributed by atoms with E-state index in [9.17, 15) is 4.79 Å². The predicted molar refractivity (Wildman–Crippen MR) is 91.0 cm³/mol. The highest BCUT2D eigenvalue weighted by atomic mass is 16.2. The number of nitrogens with zero attached hydrogens (tertiary/aromatic N) is 1. The number of hydrogen-bond acceptors (Lipinski definition) is 2. The van der Waals surface area contributed by atoms with Crippen LogP contribution in [-0.4, -0.2) is 28.9 Å². The summed E-state index contributed by atoms with van der Waals surface area (Å²) in [6.07, 6.45) is 0.914. The summed E-state index contributed by atoms with van der Waals surface area (Å²) >= 11 is 0. The van der Waals surface area contributed by atoms with E-state index in [0.717, 1.165) is 13.0 Å². The van der Waals surface area contributed by atoms with Crippen molar-refractivity contribution >= 4 is 5.91 Å². The lowest BCUT2D eigenvalue weighted by molar-refractivity contribution is -0.130. The van der Waals surface area contributed by atoms with Crippen molar-refractivity contribution in [1.29, 1.82) is 0 Å². The number of carbonyl (C=O) groups excluding carboxylic acids is 1. The first-order chi connectivity index (χ1) is 11.2. The van der Waals surface area contributed by atoms with Gasteiger partial charge in [0, 0.05) is 24.5 Å². The van der Waals surface area contributed by atoms with Crippen molar-refractivity contribution in [3.8, 4) is 0 Å².